The van der Waals surface area contributed by atoms with E-state index in [1.165, 1.54) is 30.4 Å². The van der Waals surface area contributed by atoms with Gasteiger partial charge in [0.25, 0.3) is 5.91 Å². The number of hydrogen-bond acceptors (Lipinski definition) is 7. The summed E-state index contributed by atoms with van der Waals surface area (Å²) < 4.78 is 34.4. The Balaban J connectivity index is 0.921. The maximum atomic E-state index is 13.2. The third kappa shape index (κ3) is 7.21. The fourth-order valence-corrected chi connectivity index (χ4v) is 11.1. The Morgan fingerprint density at radius 1 is 0.872 bits per heavy atom. The van der Waals surface area contributed by atoms with Gasteiger partial charge in [0.15, 0.2) is 0 Å². The lowest BCUT2D eigenvalue weighted by atomic mass is 9.50. The summed E-state index contributed by atoms with van der Waals surface area (Å²) in [6.45, 7) is 9.37. The van der Waals surface area contributed by atoms with E-state index < -0.39 is 15.9 Å². The normalized spacial score (nSPS) is 25.6. The Hall–Kier alpha value is -3.43. The van der Waals surface area contributed by atoms with Crippen molar-refractivity contribution in [2.45, 2.75) is 65.3 Å². The summed E-state index contributed by atoms with van der Waals surface area (Å²) in [5.41, 5.74) is 6.22. The molecule has 1 N–H and O–H groups in total. The highest BCUT2D eigenvalue weighted by molar-refractivity contribution is 7.90. The van der Waals surface area contributed by atoms with Gasteiger partial charge in [-0.2, -0.15) is 0 Å². The maximum Gasteiger partial charge on any atom is 0.264 e. The Morgan fingerprint density at radius 2 is 1.55 bits per heavy atom. The van der Waals surface area contributed by atoms with Crippen LogP contribution in [0.4, 0.5) is 5.69 Å². The number of amides is 1. The van der Waals surface area contributed by atoms with Gasteiger partial charge >= 0.3 is 0 Å². The van der Waals surface area contributed by atoms with E-state index in [2.05, 4.69) is 50.7 Å². The molecule has 1 amide bonds. The Kier molecular flexibility index (Phi) is 9.04. The molecule has 4 aliphatic carbocycles. The smallest absolute Gasteiger partial charge is 0.264 e. The summed E-state index contributed by atoms with van der Waals surface area (Å²) in [7, 11) is -3.70. The van der Waals surface area contributed by atoms with Crippen LogP contribution in [0, 0.1) is 23.2 Å². The zero-order valence-corrected chi connectivity index (χ0v) is 28.6. The highest BCUT2D eigenvalue weighted by Crippen LogP contribution is 2.60. The molecular weight excluding hydrogens is 609 g/mol. The van der Waals surface area contributed by atoms with Crippen molar-refractivity contribution in [3.63, 3.8) is 0 Å². The van der Waals surface area contributed by atoms with Crippen LogP contribution in [0.2, 0.25) is 0 Å². The zero-order valence-electron chi connectivity index (χ0n) is 27.8. The largest absolute Gasteiger partial charge is 0.492 e. The van der Waals surface area contributed by atoms with Crippen molar-refractivity contribution in [1.29, 1.82) is 0 Å². The summed E-state index contributed by atoms with van der Waals surface area (Å²) in [4.78, 5) is 22.2. The molecule has 250 valence electrons. The summed E-state index contributed by atoms with van der Waals surface area (Å²) in [6.07, 6.45) is 11.4. The minimum Gasteiger partial charge on any atom is -0.492 e. The summed E-state index contributed by atoms with van der Waals surface area (Å²) in [5, 5.41) is 0. The number of aryl methyl sites for hydroxylation is 1. The lowest BCUT2D eigenvalue weighted by Gasteiger charge is -2.56. The number of sulfonamides is 1. The van der Waals surface area contributed by atoms with Crippen molar-refractivity contribution in [2.75, 3.05) is 43.4 Å². The quantitative estimate of drug-likeness (QED) is 0.259. The first kappa shape index (κ1) is 32.1. The first-order valence-corrected chi connectivity index (χ1v) is 19.2. The van der Waals surface area contributed by atoms with Crippen LogP contribution in [0.25, 0.3) is 11.1 Å². The molecule has 1 aliphatic heterocycles. The standard InChI is InChI=1S/C38H48N4O4S/c1-3-30-18-32(34-19-36(46-4-2)24-39-23-34)5-6-33(30)25-41-11-13-42(14-12-41)35-9-7-31(8-10-35)37(43)40-47(44,45)26-38-20-27-15-28(21-38)17-29(16-27)22-38/h5-10,18-19,23-24,27-29H,3-4,11-17,20-22,25-26H2,1-2H3,(H,40,43). The van der Waals surface area contributed by atoms with Crippen LogP contribution in [0.15, 0.2) is 60.9 Å². The van der Waals surface area contributed by atoms with Crippen molar-refractivity contribution in [3.05, 3.63) is 77.6 Å². The van der Waals surface area contributed by atoms with Crippen molar-refractivity contribution in [1.82, 2.24) is 14.6 Å². The molecule has 0 spiro atoms. The van der Waals surface area contributed by atoms with Gasteiger partial charge < -0.3 is 9.64 Å². The molecule has 5 fully saturated rings. The zero-order chi connectivity index (χ0) is 32.6. The molecule has 8 rings (SSSR count). The molecule has 2 aromatic carbocycles. The van der Waals surface area contributed by atoms with E-state index in [-0.39, 0.29) is 11.2 Å². The second kappa shape index (κ2) is 13.2. The second-order valence-electron chi connectivity index (χ2n) is 14.6. The molecule has 1 aromatic heterocycles. The molecule has 2 heterocycles. The highest BCUT2D eigenvalue weighted by Gasteiger charge is 2.52. The fraction of sp³-hybridized carbons (Fsp3) is 0.526. The number of aromatic nitrogens is 1. The molecule has 1 saturated heterocycles. The van der Waals surface area contributed by atoms with Gasteiger partial charge in [0.1, 0.15) is 5.75 Å². The number of pyridine rings is 1. The van der Waals surface area contributed by atoms with Crippen molar-refractivity contribution >= 4 is 21.6 Å². The summed E-state index contributed by atoms with van der Waals surface area (Å²) in [6, 6.07) is 16.2. The van der Waals surface area contributed by atoms with E-state index in [1.807, 2.05) is 25.3 Å². The molecular formula is C38H48N4O4S. The molecule has 8 nitrogen and oxygen atoms in total. The Labute approximate surface area is 280 Å². The van der Waals surface area contributed by atoms with E-state index >= 15 is 0 Å². The SMILES string of the molecule is CCOc1cncc(-c2ccc(CN3CCN(c4ccc(C(=O)NS(=O)(=O)CC56CC7CC(CC(C7)C5)C6)cc4)CC3)c(CC)c2)c1. The van der Waals surface area contributed by atoms with Crippen LogP contribution in [0.5, 0.6) is 5.75 Å². The van der Waals surface area contributed by atoms with E-state index in [0.717, 1.165) is 81.0 Å². The Bertz CT molecular complexity index is 1660. The van der Waals surface area contributed by atoms with Gasteiger partial charge in [-0.3, -0.25) is 14.7 Å². The number of rotatable bonds is 11. The average Bonchev–Trinajstić information content (AvgIpc) is 3.04. The number of carbonyl (C=O) groups is 1. The summed E-state index contributed by atoms with van der Waals surface area (Å²) in [5.74, 6) is 2.38. The molecule has 4 saturated carbocycles. The first-order valence-electron chi connectivity index (χ1n) is 17.5. The topological polar surface area (TPSA) is 91.8 Å². The average molecular weight is 657 g/mol. The van der Waals surface area contributed by atoms with Gasteiger partial charge in [0.2, 0.25) is 10.0 Å². The minimum atomic E-state index is -3.70. The molecule has 5 aliphatic rings. The lowest BCUT2D eigenvalue weighted by Crippen LogP contribution is -2.51. The molecule has 9 heteroatoms. The number of nitrogens with zero attached hydrogens (tertiary/aromatic N) is 3. The molecule has 47 heavy (non-hydrogen) atoms. The molecule has 3 aromatic rings. The molecule has 0 unspecified atom stereocenters. The van der Waals surface area contributed by atoms with E-state index in [9.17, 15) is 13.2 Å². The van der Waals surface area contributed by atoms with Crippen LogP contribution in [-0.4, -0.2) is 62.7 Å². The van der Waals surface area contributed by atoms with Crippen LogP contribution in [-0.2, 0) is 23.0 Å². The number of hydrogen-bond donors (Lipinski definition) is 1. The van der Waals surface area contributed by atoms with Gasteiger partial charge in [-0.15, -0.1) is 0 Å². The lowest BCUT2D eigenvalue weighted by molar-refractivity contribution is -0.0391. The number of carbonyl (C=O) groups excluding carboxylic acids is 1. The van der Waals surface area contributed by atoms with Crippen molar-refractivity contribution in [2.24, 2.45) is 23.2 Å². The number of piperazine rings is 1. The highest BCUT2D eigenvalue weighted by atomic mass is 32.2. The number of benzene rings is 2. The third-order valence-corrected chi connectivity index (χ3v) is 12.6. The number of ether oxygens (including phenoxy) is 1. The van der Waals surface area contributed by atoms with Crippen LogP contribution in [0.3, 0.4) is 0 Å². The predicted molar refractivity (Wildman–Crippen MR) is 186 cm³/mol. The maximum absolute atomic E-state index is 13.2. The van der Waals surface area contributed by atoms with Gasteiger partial charge in [0, 0.05) is 55.7 Å². The van der Waals surface area contributed by atoms with Gasteiger partial charge in [-0.1, -0.05) is 25.1 Å². The fourth-order valence-electron chi connectivity index (χ4n) is 9.45. The number of anilines is 1. The number of nitrogens with one attached hydrogen (secondary N) is 1. The second-order valence-corrected chi connectivity index (χ2v) is 16.3. The molecule has 0 radical (unpaired) electrons. The molecule has 0 atom stereocenters. The van der Waals surface area contributed by atoms with Gasteiger partial charge in [-0.05, 0) is 122 Å². The third-order valence-electron chi connectivity index (χ3n) is 11.1. The van der Waals surface area contributed by atoms with E-state index in [4.69, 9.17) is 4.74 Å². The molecule has 4 bridgehead atoms. The predicted octanol–water partition coefficient (Wildman–Crippen LogP) is 6.31. The first-order chi connectivity index (χ1) is 22.7. The monoisotopic (exact) mass is 656 g/mol. The van der Waals surface area contributed by atoms with Crippen molar-refractivity contribution < 1.29 is 17.9 Å². The van der Waals surface area contributed by atoms with E-state index in [1.54, 1.807) is 18.3 Å². The Morgan fingerprint density at radius 3 is 2.19 bits per heavy atom. The minimum absolute atomic E-state index is 0.0846. The van der Waals surface area contributed by atoms with Gasteiger partial charge in [0.05, 0.1) is 18.6 Å². The van der Waals surface area contributed by atoms with E-state index in [0.29, 0.717) is 29.9 Å². The van der Waals surface area contributed by atoms with Crippen molar-refractivity contribution in [3.8, 4) is 16.9 Å². The van der Waals surface area contributed by atoms with Crippen LogP contribution in [0.1, 0.15) is 73.9 Å². The van der Waals surface area contributed by atoms with Crippen LogP contribution >= 0.6 is 0 Å². The van der Waals surface area contributed by atoms with Gasteiger partial charge in [-0.25, -0.2) is 13.1 Å². The van der Waals surface area contributed by atoms with Crippen LogP contribution < -0.4 is 14.4 Å². The summed E-state index contributed by atoms with van der Waals surface area (Å²) >= 11 is 0.